The molecule has 0 bridgehead atoms. The van der Waals surface area contributed by atoms with Crippen LogP contribution in [0.4, 0.5) is 15.1 Å². The van der Waals surface area contributed by atoms with Crippen molar-refractivity contribution in [3.8, 4) is 16.3 Å². The summed E-state index contributed by atoms with van der Waals surface area (Å²) >= 11 is 1.09. The molecule has 0 saturated heterocycles. The Morgan fingerprint density at radius 3 is 2.57 bits per heavy atom. The number of halogens is 1. The van der Waals surface area contributed by atoms with Crippen molar-refractivity contribution in [2.75, 3.05) is 11.4 Å². The van der Waals surface area contributed by atoms with Crippen LogP contribution in [0.25, 0.3) is 10.6 Å². The molecule has 2 N–H and O–H groups in total. The number of aromatic nitrogens is 1. The number of nitrogens with one attached hydrogen (secondary N) is 1. The molecule has 1 aromatic heterocycles. The highest BCUT2D eigenvalue weighted by Gasteiger charge is 2.21. The lowest BCUT2D eigenvalue weighted by Gasteiger charge is -2.18. The van der Waals surface area contributed by atoms with Crippen molar-refractivity contribution in [3.05, 3.63) is 60.0 Å². The molecule has 2 aromatic carbocycles. The van der Waals surface area contributed by atoms with Crippen LogP contribution < -0.4 is 14.5 Å². The average molecular weight is 423 g/mol. The maximum Gasteiger partial charge on any atom is 0.274 e. The number of thiazole rings is 1. The Morgan fingerprint density at radius 1 is 1.25 bits per heavy atom. The summed E-state index contributed by atoms with van der Waals surface area (Å²) < 4.78 is 43.2. The number of hydrogen-bond acceptors (Lipinski definition) is 7. The van der Waals surface area contributed by atoms with Crippen LogP contribution in [0.3, 0.4) is 0 Å². The van der Waals surface area contributed by atoms with Crippen LogP contribution in [-0.2, 0) is 10.9 Å². The van der Waals surface area contributed by atoms with Crippen LogP contribution in [0.5, 0.6) is 5.75 Å². The SMILES string of the molecule is COc1cc(C(=O)NO)ccc1N(c1cnc(-c2ccc(F)cc2)s1)[SH](=O)=O. The highest BCUT2D eigenvalue weighted by Crippen LogP contribution is 2.39. The molecule has 146 valence electrons. The molecule has 0 saturated carbocycles. The highest BCUT2D eigenvalue weighted by molar-refractivity contribution is 7.74. The van der Waals surface area contributed by atoms with E-state index < -0.39 is 16.8 Å². The molecule has 0 aliphatic carbocycles. The third-order valence-corrected chi connectivity index (χ3v) is 5.65. The van der Waals surface area contributed by atoms with Crippen molar-refractivity contribution in [1.29, 1.82) is 0 Å². The lowest BCUT2D eigenvalue weighted by atomic mass is 10.2. The fourth-order valence-electron chi connectivity index (χ4n) is 2.43. The molecule has 0 fully saturated rings. The van der Waals surface area contributed by atoms with Gasteiger partial charge in [-0.15, -0.1) is 0 Å². The van der Waals surface area contributed by atoms with Gasteiger partial charge in [-0.2, -0.15) is 0 Å². The predicted molar refractivity (Wildman–Crippen MR) is 102 cm³/mol. The van der Waals surface area contributed by atoms with Gasteiger partial charge in [0.15, 0.2) is 0 Å². The molecular formula is C17H14FN3O5S2. The first-order valence-corrected chi connectivity index (χ1v) is 9.68. The van der Waals surface area contributed by atoms with E-state index in [2.05, 4.69) is 4.98 Å². The number of carbonyl (C=O) groups excluding carboxylic acids is 1. The molecule has 3 rings (SSSR count). The van der Waals surface area contributed by atoms with E-state index in [0.29, 0.717) is 10.6 Å². The third kappa shape index (κ3) is 3.96. The minimum atomic E-state index is -3.11. The summed E-state index contributed by atoms with van der Waals surface area (Å²) in [5.74, 6) is -1.04. The van der Waals surface area contributed by atoms with Crippen molar-refractivity contribution in [1.82, 2.24) is 10.5 Å². The molecule has 0 atom stereocenters. The summed E-state index contributed by atoms with van der Waals surface area (Å²) in [5.41, 5.74) is 2.39. The molecule has 8 nitrogen and oxygen atoms in total. The molecule has 0 radical (unpaired) electrons. The summed E-state index contributed by atoms with van der Waals surface area (Å²) in [4.78, 5) is 15.8. The zero-order valence-corrected chi connectivity index (χ0v) is 16.0. The van der Waals surface area contributed by atoms with Crippen LogP contribution in [0.15, 0.2) is 48.7 Å². The van der Waals surface area contributed by atoms with Gasteiger partial charge in [0, 0.05) is 11.1 Å². The predicted octanol–water partition coefficient (Wildman–Crippen LogP) is 2.74. The molecular weight excluding hydrogens is 409 g/mol. The second-order valence-electron chi connectivity index (χ2n) is 5.39. The first kappa shape index (κ1) is 19.7. The second-order valence-corrected chi connectivity index (χ2v) is 7.27. The van der Waals surface area contributed by atoms with Crippen LogP contribution in [-0.4, -0.2) is 31.6 Å². The molecule has 1 heterocycles. The second kappa shape index (κ2) is 8.33. The van der Waals surface area contributed by atoms with E-state index in [1.54, 1.807) is 12.1 Å². The quantitative estimate of drug-likeness (QED) is 0.320. The van der Waals surface area contributed by atoms with Gasteiger partial charge in [-0.25, -0.2) is 27.6 Å². The molecule has 0 spiro atoms. The maximum atomic E-state index is 13.1. The Kier molecular flexibility index (Phi) is 5.87. The molecule has 0 unspecified atom stereocenters. The molecule has 28 heavy (non-hydrogen) atoms. The molecule has 11 heteroatoms. The zero-order chi connectivity index (χ0) is 20.3. The first-order valence-electron chi connectivity index (χ1n) is 7.73. The summed E-state index contributed by atoms with van der Waals surface area (Å²) in [6.07, 6.45) is 1.38. The van der Waals surface area contributed by atoms with Crippen LogP contribution in [0.2, 0.25) is 0 Å². The van der Waals surface area contributed by atoms with Crippen LogP contribution >= 0.6 is 11.3 Å². The fraction of sp³-hybridized carbons (Fsp3) is 0.0588. The Morgan fingerprint density at radius 2 is 1.96 bits per heavy atom. The van der Waals surface area contributed by atoms with E-state index in [1.165, 1.54) is 49.1 Å². The topological polar surface area (TPSA) is 109 Å². The Bertz CT molecular complexity index is 1070. The van der Waals surface area contributed by atoms with Crippen molar-refractivity contribution in [2.24, 2.45) is 0 Å². The molecule has 1 amide bonds. The van der Waals surface area contributed by atoms with Crippen molar-refractivity contribution in [2.45, 2.75) is 0 Å². The summed E-state index contributed by atoms with van der Waals surface area (Å²) in [7, 11) is -1.79. The van der Waals surface area contributed by atoms with E-state index in [1.807, 2.05) is 0 Å². The fourth-order valence-corrected chi connectivity index (χ4v) is 4.16. The Balaban J connectivity index is 2.03. The number of hydrogen-bond donors (Lipinski definition) is 3. The number of rotatable bonds is 6. The number of thiol groups is 1. The number of amides is 1. The molecule has 3 aromatic rings. The van der Waals surface area contributed by atoms with Gasteiger partial charge in [-0.3, -0.25) is 10.0 Å². The lowest BCUT2D eigenvalue weighted by Crippen LogP contribution is -2.19. The molecule has 0 aliphatic heterocycles. The maximum absolute atomic E-state index is 13.1. The number of carbonyl (C=O) groups is 1. The van der Waals surface area contributed by atoms with Crippen LogP contribution in [0, 0.1) is 5.82 Å². The van der Waals surface area contributed by atoms with Gasteiger partial charge in [-0.05, 0) is 42.5 Å². The minimum Gasteiger partial charge on any atom is -0.495 e. The average Bonchev–Trinajstić information content (AvgIpc) is 3.17. The van der Waals surface area contributed by atoms with Gasteiger partial charge in [0.05, 0.1) is 19.0 Å². The van der Waals surface area contributed by atoms with Gasteiger partial charge < -0.3 is 4.74 Å². The highest BCUT2D eigenvalue weighted by atomic mass is 32.2. The number of anilines is 2. The minimum absolute atomic E-state index is 0.0838. The van der Waals surface area contributed by atoms with Gasteiger partial charge in [-0.1, -0.05) is 11.3 Å². The van der Waals surface area contributed by atoms with Gasteiger partial charge in [0.2, 0.25) is 10.9 Å². The van der Waals surface area contributed by atoms with Crippen molar-refractivity contribution < 1.29 is 27.5 Å². The summed E-state index contributed by atoms with van der Waals surface area (Å²) in [6.45, 7) is 0. The van der Waals surface area contributed by atoms with E-state index in [0.717, 1.165) is 15.6 Å². The first-order chi connectivity index (χ1) is 13.4. The van der Waals surface area contributed by atoms with Crippen molar-refractivity contribution >= 4 is 38.8 Å². The Labute approximate surface area is 164 Å². The van der Waals surface area contributed by atoms with Gasteiger partial charge >= 0.3 is 0 Å². The zero-order valence-electron chi connectivity index (χ0n) is 14.3. The number of benzene rings is 2. The standard InChI is InChI=1S/C17H14FN3O5S2/c1-26-14-8-11(16(22)20-23)4-7-13(14)21(28(24)25)15-9-19-17(27-15)10-2-5-12(18)6-3-10/h2-9,23,28H,1H3,(H,20,22). The van der Waals surface area contributed by atoms with Gasteiger partial charge in [0.1, 0.15) is 21.6 Å². The number of ether oxygens (including phenoxy) is 1. The van der Waals surface area contributed by atoms with E-state index in [9.17, 15) is 17.6 Å². The monoisotopic (exact) mass is 423 g/mol. The Hall–Kier alpha value is -3.02. The van der Waals surface area contributed by atoms with Gasteiger partial charge in [0.25, 0.3) is 5.91 Å². The summed E-state index contributed by atoms with van der Waals surface area (Å²) in [6, 6.07) is 9.69. The number of nitrogens with zero attached hydrogens (tertiary/aromatic N) is 2. The van der Waals surface area contributed by atoms with E-state index >= 15 is 0 Å². The van der Waals surface area contributed by atoms with E-state index in [-0.39, 0.29) is 27.8 Å². The van der Waals surface area contributed by atoms with Crippen LogP contribution in [0.1, 0.15) is 10.4 Å². The lowest BCUT2D eigenvalue weighted by molar-refractivity contribution is 0.0706. The molecule has 0 aliphatic rings. The van der Waals surface area contributed by atoms with Crippen molar-refractivity contribution in [3.63, 3.8) is 0 Å². The van der Waals surface area contributed by atoms with E-state index in [4.69, 9.17) is 9.94 Å². The normalized spacial score (nSPS) is 10.7. The number of methoxy groups -OCH3 is 1. The number of hydroxylamine groups is 1. The smallest absolute Gasteiger partial charge is 0.274 e. The third-order valence-electron chi connectivity index (χ3n) is 3.73. The largest absolute Gasteiger partial charge is 0.495 e. The summed E-state index contributed by atoms with van der Waals surface area (Å²) in [5, 5.41) is 9.54.